The van der Waals surface area contributed by atoms with E-state index < -0.39 is 18.8 Å². The van der Waals surface area contributed by atoms with Crippen LogP contribution in [0.25, 0.3) is 0 Å². The largest absolute Gasteiger partial charge is 0.442 e. The average Bonchev–Trinajstić information content (AvgIpc) is 3.27. The third kappa shape index (κ3) is 5.96. The molecule has 5 aliphatic rings. The van der Waals surface area contributed by atoms with Crippen molar-refractivity contribution >= 4 is 17.6 Å². The molecule has 4 N–H and O–H groups in total. The number of alkyl carbamates (subject to hydrolysis) is 1. The number of carbonyl (C=O) groups excluding carboxylic acids is 2. The predicted molar refractivity (Wildman–Crippen MR) is 159 cm³/mol. The number of Topliss-reactive ketones (excluding diaryl/α,β-unsaturated/α-hetero) is 1. The van der Waals surface area contributed by atoms with Crippen LogP contribution in [0.5, 0.6) is 0 Å². The zero-order chi connectivity index (χ0) is 29.2. The molecular formula is C33H47N3O5. The minimum absolute atomic E-state index is 0.0741. The van der Waals surface area contributed by atoms with Crippen molar-refractivity contribution in [2.45, 2.75) is 90.3 Å². The average molecular weight is 566 g/mol. The Kier molecular flexibility index (Phi) is 8.90. The van der Waals surface area contributed by atoms with Crippen LogP contribution in [-0.2, 0) is 9.53 Å². The summed E-state index contributed by atoms with van der Waals surface area (Å²) in [6, 6.07) is 0. The number of nitrogens with zero attached hydrogens (tertiary/aromatic N) is 1. The molecule has 0 aromatic heterocycles. The molecule has 5 aliphatic carbocycles. The third-order valence-electron chi connectivity index (χ3n) is 10.8. The molecule has 8 heteroatoms. The Morgan fingerprint density at radius 3 is 2.80 bits per heavy atom. The van der Waals surface area contributed by atoms with Crippen LogP contribution in [0.1, 0.15) is 78.1 Å². The molecular weight excluding hydrogens is 518 g/mol. The van der Waals surface area contributed by atoms with E-state index in [0.29, 0.717) is 24.0 Å². The normalized spacial score (nSPS) is 39.7. The summed E-state index contributed by atoms with van der Waals surface area (Å²) in [6.45, 7) is 8.18. The van der Waals surface area contributed by atoms with E-state index in [1.165, 1.54) is 12.0 Å². The van der Waals surface area contributed by atoms with Gasteiger partial charge >= 0.3 is 6.09 Å². The van der Waals surface area contributed by atoms with E-state index in [1.54, 1.807) is 0 Å². The Labute approximate surface area is 244 Å². The van der Waals surface area contributed by atoms with Crippen LogP contribution in [0.15, 0.2) is 53.3 Å². The van der Waals surface area contributed by atoms with Crippen LogP contribution < -0.4 is 10.7 Å². The summed E-state index contributed by atoms with van der Waals surface area (Å²) < 4.78 is 5.54. The van der Waals surface area contributed by atoms with Gasteiger partial charge in [0, 0.05) is 22.9 Å². The number of hydrogen-bond acceptors (Lipinski definition) is 7. The Morgan fingerprint density at radius 2 is 2.00 bits per heavy atom. The molecule has 8 nitrogen and oxygen atoms in total. The van der Waals surface area contributed by atoms with Crippen molar-refractivity contribution in [2.75, 3.05) is 13.2 Å². The first kappa shape index (κ1) is 29.8. The standard InChI is InChI=1S/C33H47N3O5/c1-21(19-34-31(40)41-24-9-7-5-4-6-8-10-24)35-36-23-15-16-32(2)22(17-23)11-12-25-26-13-14-27(29(39)20-37)33(26,3)18-28(38)30(25)32/h7,9,15-17,24-28,30,35,37-38H,1,4-6,8,10-14,18-20H2,2-3H3,(H,34,40)/b9-7+,36-23+. The minimum atomic E-state index is -0.508. The Bertz CT molecular complexity index is 1160. The quantitative estimate of drug-likeness (QED) is 0.256. The number of carbonyl (C=O) groups is 2. The van der Waals surface area contributed by atoms with E-state index in [-0.39, 0.29) is 41.1 Å². The number of ketones is 1. The molecule has 1 amide bonds. The monoisotopic (exact) mass is 565 g/mol. The SMILES string of the molecule is C=C(CNC(=O)OC1/C=C/CCCCC1)N/N=C1\C=CC2(C)C(=C1)CCC1C2C(O)CC2(C)C(C(=O)CO)CCC12. The number of amides is 1. The highest BCUT2D eigenvalue weighted by molar-refractivity contribution is 6.05. The lowest BCUT2D eigenvalue weighted by molar-refractivity contribution is -0.140. The molecule has 0 radical (unpaired) electrons. The maximum Gasteiger partial charge on any atom is 0.408 e. The molecule has 0 spiro atoms. The molecule has 224 valence electrons. The second-order valence-corrected chi connectivity index (χ2v) is 13.3. The zero-order valence-corrected chi connectivity index (χ0v) is 24.6. The van der Waals surface area contributed by atoms with Crippen LogP contribution in [0, 0.1) is 34.5 Å². The molecule has 0 aromatic carbocycles. The van der Waals surface area contributed by atoms with Gasteiger partial charge in [0.15, 0.2) is 5.78 Å². The topological polar surface area (TPSA) is 120 Å². The van der Waals surface area contributed by atoms with E-state index >= 15 is 0 Å². The number of aliphatic hydroxyl groups excluding tert-OH is 2. The second-order valence-electron chi connectivity index (χ2n) is 13.3. The van der Waals surface area contributed by atoms with Crippen molar-refractivity contribution in [3.05, 3.63) is 48.2 Å². The van der Waals surface area contributed by atoms with Crippen molar-refractivity contribution in [1.82, 2.24) is 10.7 Å². The van der Waals surface area contributed by atoms with Gasteiger partial charge in [0.25, 0.3) is 0 Å². The number of hydrazone groups is 1. The molecule has 8 unspecified atom stereocenters. The van der Waals surface area contributed by atoms with Crippen molar-refractivity contribution in [2.24, 2.45) is 39.6 Å². The van der Waals surface area contributed by atoms with Crippen molar-refractivity contribution in [3.8, 4) is 0 Å². The van der Waals surface area contributed by atoms with Gasteiger partial charge in [-0.15, -0.1) is 0 Å². The molecule has 5 rings (SSSR count). The van der Waals surface area contributed by atoms with Gasteiger partial charge < -0.3 is 20.3 Å². The number of nitrogens with one attached hydrogen (secondary N) is 2. The van der Waals surface area contributed by atoms with E-state index in [9.17, 15) is 19.8 Å². The first-order valence-electron chi connectivity index (χ1n) is 15.5. The van der Waals surface area contributed by atoms with Crippen LogP contribution in [0.4, 0.5) is 4.79 Å². The van der Waals surface area contributed by atoms with Gasteiger partial charge in [-0.05, 0) is 93.3 Å². The smallest absolute Gasteiger partial charge is 0.408 e. The van der Waals surface area contributed by atoms with Crippen LogP contribution in [0.2, 0.25) is 0 Å². The summed E-state index contributed by atoms with van der Waals surface area (Å²) in [7, 11) is 0. The molecule has 0 bridgehead atoms. The van der Waals surface area contributed by atoms with E-state index in [0.717, 1.165) is 57.1 Å². The van der Waals surface area contributed by atoms with Crippen LogP contribution in [-0.4, -0.2) is 53.2 Å². The molecule has 41 heavy (non-hydrogen) atoms. The number of allylic oxidation sites excluding steroid dienone is 5. The first-order valence-corrected chi connectivity index (χ1v) is 15.5. The number of aliphatic hydroxyl groups is 2. The molecule has 8 atom stereocenters. The molecule has 3 fully saturated rings. The Balaban J connectivity index is 1.18. The van der Waals surface area contributed by atoms with Gasteiger partial charge in [-0.25, -0.2) is 4.79 Å². The lowest BCUT2D eigenvalue weighted by Crippen LogP contribution is -2.56. The summed E-state index contributed by atoms with van der Waals surface area (Å²) in [4.78, 5) is 24.8. The fourth-order valence-corrected chi connectivity index (χ4v) is 8.81. The highest BCUT2D eigenvalue weighted by atomic mass is 16.6. The van der Waals surface area contributed by atoms with Crippen molar-refractivity contribution in [3.63, 3.8) is 0 Å². The Hall–Kier alpha value is -2.71. The van der Waals surface area contributed by atoms with Gasteiger partial charge in [-0.2, -0.15) is 5.10 Å². The zero-order valence-electron chi connectivity index (χ0n) is 24.6. The number of ether oxygens (including phenoxy) is 1. The van der Waals surface area contributed by atoms with E-state index in [1.807, 2.05) is 12.2 Å². The summed E-state index contributed by atoms with van der Waals surface area (Å²) in [5, 5.41) is 28.4. The highest BCUT2D eigenvalue weighted by Crippen LogP contribution is 2.66. The second kappa shape index (κ2) is 12.3. The lowest BCUT2D eigenvalue weighted by atomic mass is 9.46. The molecule has 0 aromatic rings. The number of rotatable bonds is 7. The minimum Gasteiger partial charge on any atom is -0.442 e. The summed E-state index contributed by atoms with van der Waals surface area (Å²) in [5.41, 5.74) is 5.06. The van der Waals surface area contributed by atoms with E-state index in [2.05, 4.69) is 54.5 Å². The van der Waals surface area contributed by atoms with E-state index in [4.69, 9.17) is 4.74 Å². The number of fused-ring (bicyclic) bond motifs is 5. The summed E-state index contributed by atoms with van der Waals surface area (Å²) >= 11 is 0. The van der Waals surface area contributed by atoms with Crippen LogP contribution >= 0.6 is 0 Å². The number of hydrogen-bond donors (Lipinski definition) is 4. The predicted octanol–water partition coefficient (Wildman–Crippen LogP) is 4.95. The highest BCUT2D eigenvalue weighted by Gasteiger charge is 2.62. The van der Waals surface area contributed by atoms with Gasteiger partial charge in [-0.3, -0.25) is 10.2 Å². The summed E-state index contributed by atoms with van der Waals surface area (Å²) in [5.74, 6) is 0.576. The van der Waals surface area contributed by atoms with Crippen molar-refractivity contribution in [1.29, 1.82) is 0 Å². The Morgan fingerprint density at radius 1 is 1.17 bits per heavy atom. The van der Waals surface area contributed by atoms with Crippen LogP contribution in [0.3, 0.4) is 0 Å². The van der Waals surface area contributed by atoms with Gasteiger partial charge in [0.2, 0.25) is 0 Å². The molecule has 0 aliphatic heterocycles. The van der Waals surface area contributed by atoms with Crippen molar-refractivity contribution < 1.29 is 24.5 Å². The van der Waals surface area contributed by atoms with Gasteiger partial charge in [0.1, 0.15) is 12.7 Å². The fourth-order valence-electron chi connectivity index (χ4n) is 8.81. The van der Waals surface area contributed by atoms with Gasteiger partial charge in [-0.1, -0.05) is 44.6 Å². The lowest BCUT2D eigenvalue weighted by Gasteiger charge is -2.58. The maximum absolute atomic E-state index is 12.5. The molecule has 0 heterocycles. The fraction of sp³-hybridized carbons (Fsp3) is 0.667. The third-order valence-corrected chi connectivity index (χ3v) is 10.8. The molecule has 3 saturated carbocycles. The first-order chi connectivity index (χ1) is 19.7. The maximum atomic E-state index is 12.5. The summed E-state index contributed by atoms with van der Waals surface area (Å²) in [6.07, 6.45) is 18.8. The van der Waals surface area contributed by atoms with Gasteiger partial charge in [0.05, 0.1) is 18.4 Å². The molecule has 0 saturated heterocycles.